The van der Waals surface area contributed by atoms with Crippen molar-refractivity contribution in [2.75, 3.05) is 32.8 Å². The Morgan fingerprint density at radius 1 is 1.14 bits per heavy atom. The van der Waals surface area contributed by atoms with Gasteiger partial charge in [-0.25, -0.2) is 4.57 Å². The lowest BCUT2D eigenvalue weighted by atomic mass is 9.85. The molecule has 0 spiro atoms. The van der Waals surface area contributed by atoms with Crippen LogP contribution in [0.3, 0.4) is 0 Å². The van der Waals surface area contributed by atoms with Crippen LogP contribution in [0, 0.1) is 5.41 Å². The molecule has 3 rings (SSSR count). The lowest BCUT2D eigenvalue weighted by Crippen LogP contribution is -2.58. The van der Waals surface area contributed by atoms with Crippen molar-refractivity contribution < 1.29 is 38.0 Å². The van der Waals surface area contributed by atoms with Crippen molar-refractivity contribution in [2.24, 2.45) is 5.41 Å². The molecule has 2 saturated heterocycles. The monoisotopic (exact) mass is 537 g/mol. The molecule has 204 valence electrons. The number of hydrogen-bond donors (Lipinski definition) is 3. The summed E-state index contributed by atoms with van der Waals surface area (Å²) < 4.78 is 20.9. The molecule has 1 aromatic rings. The number of rotatable bonds is 7. The summed E-state index contributed by atoms with van der Waals surface area (Å²) in [6, 6.07) is 4.54. The number of likely N-dealkylation sites (tertiary alicyclic amines) is 1. The van der Waals surface area contributed by atoms with Crippen LogP contribution >= 0.6 is 7.82 Å². The average Bonchev–Trinajstić information content (AvgIpc) is 3.31. The molecule has 37 heavy (non-hydrogen) atoms. The maximum atomic E-state index is 13.7. The summed E-state index contributed by atoms with van der Waals surface area (Å²) in [6.45, 7) is 9.74. The van der Waals surface area contributed by atoms with Crippen LogP contribution in [-0.2, 0) is 23.7 Å². The summed E-state index contributed by atoms with van der Waals surface area (Å²) in [4.78, 5) is 60.9. The number of benzene rings is 1. The van der Waals surface area contributed by atoms with Crippen LogP contribution in [0.2, 0.25) is 0 Å². The van der Waals surface area contributed by atoms with Crippen molar-refractivity contribution in [3.63, 3.8) is 0 Å². The SMILES string of the molecule is C/C(=C\C(=O)N[C@H](C(=O)N1CCC[C@H]1C(=O)N1CCOCC1)C(C)(C)C)c1ccc(OP(=O)(O)O)cc1. The highest BCUT2D eigenvalue weighted by Crippen LogP contribution is 2.37. The van der Waals surface area contributed by atoms with E-state index in [0.717, 1.165) is 6.42 Å². The van der Waals surface area contributed by atoms with Crippen molar-refractivity contribution in [1.82, 2.24) is 15.1 Å². The Balaban J connectivity index is 1.71. The largest absolute Gasteiger partial charge is 0.524 e. The first-order valence-corrected chi connectivity index (χ1v) is 13.8. The molecule has 0 bridgehead atoms. The lowest BCUT2D eigenvalue weighted by Gasteiger charge is -2.37. The number of phosphoric acid groups is 1. The van der Waals surface area contributed by atoms with Gasteiger partial charge in [0.2, 0.25) is 17.7 Å². The molecule has 2 fully saturated rings. The van der Waals surface area contributed by atoms with Gasteiger partial charge in [-0.1, -0.05) is 32.9 Å². The molecule has 3 amide bonds. The van der Waals surface area contributed by atoms with Crippen LogP contribution in [-0.4, -0.2) is 82.2 Å². The molecule has 12 heteroatoms. The third kappa shape index (κ3) is 7.88. The molecule has 11 nitrogen and oxygen atoms in total. The van der Waals surface area contributed by atoms with E-state index in [1.54, 1.807) is 28.9 Å². The minimum atomic E-state index is -4.66. The number of morpholine rings is 1. The molecule has 0 saturated carbocycles. The zero-order valence-electron chi connectivity index (χ0n) is 21.7. The van der Waals surface area contributed by atoms with Crippen molar-refractivity contribution in [1.29, 1.82) is 0 Å². The topological polar surface area (TPSA) is 146 Å². The number of carbonyl (C=O) groups is 3. The second-order valence-corrected chi connectivity index (χ2v) is 11.5. The molecule has 0 unspecified atom stereocenters. The van der Waals surface area contributed by atoms with Crippen LogP contribution in [0.4, 0.5) is 0 Å². The van der Waals surface area contributed by atoms with E-state index in [0.29, 0.717) is 50.4 Å². The molecule has 3 N–H and O–H groups in total. The smallest absolute Gasteiger partial charge is 0.404 e. The molecule has 2 aliphatic rings. The fourth-order valence-electron chi connectivity index (χ4n) is 4.48. The van der Waals surface area contributed by atoms with Gasteiger partial charge < -0.3 is 24.4 Å². The third-order valence-corrected chi connectivity index (χ3v) is 6.87. The molecule has 0 aliphatic carbocycles. The van der Waals surface area contributed by atoms with E-state index in [1.165, 1.54) is 18.2 Å². The van der Waals surface area contributed by atoms with E-state index >= 15 is 0 Å². The van der Waals surface area contributed by atoms with Gasteiger partial charge in [0.15, 0.2) is 0 Å². The normalized spacial score (nSPS) is 19.9. The Hall–Kier alpha value is -2.72. The van der Waals surface area contributed by atoms with Crippen LogP contribution in [0.1, 0.15) is 46.1 Å². The molecule has 2 heterocycles. The molecular formula is C25H36N3O8P. The van der Waals surface area contributed by atoms with Crippen molar-refractivity contribution in [2.45, 2.75) is 52.6 Å². The third-order valence-electron chi connectivity index (χ3n) is 6.42. The number of hydrogen-bond acceptors (Lipinski definition) is 6. The Kier molecular flexibility index (Phi) is 9.18. The maximum absolute atomic E-state index is 13.7. The van der Waals surface area contributed by atoms with Gasteiger partial charge in [-0.05, 0) is 48.4 Å². The summed E-state index contributed by atoms with van der Waals surface area (Å²) >= 11 is 0. The first-order valence-electron chi connectivity index (χ1n) is 12.3. The second kappa shape index (κ2) is 11.8. The maximum Gasteiger partial charge on any atom is 0.524 e. The Labute approximate surface area is 217 Å². The van der Waals surface area contributed by atoms with Crippen molar-refractivity contribution >= 4 is 31.1 Å². The number of carbonyl (C=O) groups excluding carboxylic acids is 3. The van der Waals surface area contributed by atoms with E-state index in [-0.39, 0.29) is 17.6 Å². The van der Waals surface area contributed by atoms with Crippen LogP contribution in [0.15, 0.2) is 30.3 Å². The molecular weight excluding hydrogens is 501 g/mol. The minimum absolute atomic E-state index is 0.000443. The zero-order chi connectivity index (χ0) is 27.4. The predicted molar refractivity (Wildman–Crippen MR) is 136 cm³/mol. The predicted octanol–water partition coefficient (Wildman–Crippen LogP) is 1.94. The van der Waals surface area contributed by atoms with Crippen molar-refractivity contribution in [3.05, 3.63) is 35.9 Å². The molecule has 0 aromatic heterocycles. The number of amides is 3. The highest BCUT2D eigenvalue weighted by atomic mass is 31.2. The van der Waals surface area contributed by atoms with E-state index in [1.807, 2.05) is 20.8 Å². The minimum Gasteiger partial charge on any atom is -0.404 e. The van der Waals surface area contributed by atoms with Gasteiger partial charge >= 0.3 is 7.82 Å². The van der Waals surface area contributed by atoms with E-state index < -0.39 is 31.2 Å². The molecule has 1 aromatic carbocycles. The number of allylic oxidation sites excluding steroid dienone is 1. The summed E-state index contributed by atoms with van der Waals surface area (Å²) in [7, 11) is -4.66. The highest BCUT2D eigenvalue weighted by Gasteiger charge is 2.42. The van der Waals surface area contributed by atoms with Gasteiger partial charge in [0.05, 0.1) is 13.2 Å². The first-order chi connectivity index (χ1) is 17.3. The highest BCUT2D eigenvalue weighted by molar-refractivity contribution is 7.46. The van der Waals surface area contributed by atoms with Crippen LogP contribution in [0.25, 0.3) is 5.57 Å². The van der Waals surface area contributed by atoms with Crippen LogP contribution in [0.5, 0.6) is 5.75 Å². The fourth-order valence-corrected chi connectivity index (χ4v) is 4.87. The number of nitrogens with zero attached hydrogens (tertiary/aromatic N) is 2. The van der Waals surface area contributed by atoms with E-state index in [4.69, 9.17) is 14.5 Å². The summed E-state index contributed by atoms with van der Waals surface area (Å²) in [5.74, 6) is -0.818. The lowest BCUT2D eigenvalue weighted by molar-refractivity contribution is -0.149. The van der Waals surface area contributed by atoms with Gasteiger partial charge in [0.1, 0.15) is 17.8 Å². The number of phosphoric ester groups is 1. The van der Waals surface area contributed by atoms with E-state index in [2.05, 4.69) is 9.84 Å². The zero-order valence-corrected chi connectivity index (χ0v) is 22.6. The second-order valence-electron chi connectivity index (χ2n) is 10.4. The first kappa shape index (κ1) is 28.8. The van der Waals surface area contributed by atoms with E-state index in [9.17, 15) is 18.9 Å². The summed E-state index contributed by atoms with van der Waals surface area (Å²) in [5.41, 5.74) is 0.620. The van der Waals surface area contributed by atoms with Crippen LogP contribution < -0.4 is 9.84 Å². The molecule has 0 radical (unpaired) electrons. The summed E-state index contributed by atoms with van der Waals surface area (Å²) in [5, 5.41) is 2.84. The standard InChI is InChI=1S/C25H36N3O8P/c1-17(18-7-9-19(10-8-18)36-37(32,33)34)16-21(29)26-22(25(2,3)4)24(31)28-11-5-6-20(28)23(30)27-12-14-35-15-13-27/h7-10,16,20,22H,5-6,11-15H2,1-4H3,(H,26,29)(H2,32,33,34)/b17-16+/t20-,22+/m0/s1. The quantitative estimate of drug-likeness (QED) is 0.353. The Morgan fingerprint density at radius 2 is 1.76 bits per heavy atom. The van der Waals surface area contributed by atoms with Gasteiger partial charge in [-0.15, -0.1) is 0 Å². The number of nitrogens with one attached hydrogen (secondary N) is 1. The average molecular weight is 538 g/mol. The van der Waals surface area contributed by atoms with Gasteiger partial charge in [0, 0.05) is 25.7 Å². The Morgan fingerprint density at radius 3 is 2.32 bits per heavy atom. The van der Waals surface area contributed by atoms with Gasteiger partial charge in [0.25, 0.3) is 0 Å². The molecule has 2 atom stereocenters. The number of ether oxygens (including phenoxy) is 1. The summed E-state index contributed by atoms with van der Waals surface area (Å²) in [6.07, 6.45) is 2.68. The van der Waals surface area contributed by atoms with Gasteiger partial charge in [-0.3, -0.25) is 24.2 Å². The molecule has 2 aliphatic heterocycles. The van der Waals surface area contributed by atoms with Gasteiger partial charge in [-0.2, -0.15) is 0 Å². The van der Waals surface area contributed by atoms with Crippen molar-refractivity contribution in [3.8, 4) is 5.75 Å². The Bertz CT molecular complexity index is 1070. The fraction of sp³-hybridized carbons (Fsp3) is 0.560.